The van der Waals surface area contributed by atoms with Crippen LogP contribution in [0.5, 0.6) is 0 Å². The van der Waals surface area contributed by atoms with Crippen LogP contribution in [-0.4, -0.2) is 47.3 Å². The third kappa shape index (κ3) is 4.88. The van der Waals surface area contributed by atoms with E-state index in [1.54, 1.807) is 35.6 Å². The molecule has 2 aromatic rings. The normalized spacial score (nSPS) is 13.4. The Labute approximate surface area is 185 Å². The van der Waals surface area contributed by atoms with Gasteiger partial charge in [0.1, 0.15) is 5.01 Å². The van der Waals surface area contributed by atoms with Crippen LogP contribution in [0.1, 0.15) is 43.2 Å². The number of aryl methyl sites for hydroxylation is 2. The van der Waals surface area contributed by atoms with Gasteiger partial charge < -0.3 is 10.6 Å². The highest BCUT2D eigenvalue weighted by atomic mass is 127. The standard InChI is InChI=1S/C19H23N5O2S.HI/c1-4-20-19(22-11-16-23-12(2)13(3)27-16)21-9-10-24-17(25)14-7-5-6-8-15(14)18(24)26;/h5-8H,4,9-11H2,1-3H3,(H2,20,21,22);1H. The summed E-state index contributed by atoms with van der Waals surface area (Å²) in [5, 5.41) is 7.30. The lowest BCUT2D eigenvalue weighted by molar-refractivity contribution is 0.0657. The number of halogens is 1. The van der Waals surface area contributed by atoms with Crippen molar-refractivity contribution in [2.75, 3.05) is 19.6 Å². The summed E-state index contributed by atoms with van der Waals surface area (Å²) in [7, 11) is 0. The van der Waals surface area contributed by atoms with Crippen LogP contribution in [0.25, 0.3) is 0 Å². The molecule has 0 fully saturated rings. The third-order valence-electron chi connectivity index (χ3n) is 4.30. The Balaban J connectivity index is 0.00000280. The van der Waals surface area contributed by atoms with E-state index in [0.29, 0.717) is 30.2 Å². The van der Waals surface area contributed by atoms with E-state index in [2.05, 4.69) is 20.6 Å². The van der Waals surface area contributed by atoms with E-state index in [1.165, 1.54) is 9.78 Å². The first kappa shape index (κ1) is 22.3. The summed E-state index contributed by atoms with van der Waals surface area (Å²) in [6.45, 7) is 7.94. The molecule has 7 nitrogen and oxygen atoms in total. The number of thiazole rings is 1. The van der Waals surface area contributed by atoms with Crippen LogP contribution < -0.4 is 10.6 Å². The summed E-state index contributed by atoms with van der Waals surface area (Å²) in [4.78, 5) is 36.2. The average molecular weight is 513 g/mol. The minimum absolute atomic E-state index is 0. The number of amides is 2. The highest BCUT2D eigenvalue weighted by molar-refractivity contribution is 14.0. The Kier molecular flexibility index (Phi) is 7.93. The van der Waals surface area contributed by atoms with Gasteiger partial charge in [-0.2, -0.15) is 0 Å². The van der Waals surface area contributed by atoms with Crippen molar-refractivity contribution in [3.8, 4) is 0 Å². The predicted octanol–water partition coefficient (Wildman–Crippen LogP) is 2.73. The molecular weight excluding hydrogens is 489 g/mol. The van der Waals surface area contributed by atoms with Crippen molar-refractivity contribution in [3.05, 3.63) is 51.0 Å². The summed E-state index contributed by atoms with van der Waals surface area (Å²) in [5.74, 6) is 0.153. The minimum Gasteiger partial charge on any atom is -0.357 e. The van der Waals surface area contributed by atoms with Crippen LogP contribution in [0.3, 0.4) is 0 Å². The Morgan fingerprint density at radius 2 is 1.79 bits per heavy atom. The molecule has 9 heteroatoms. The number of hydrogen-bond acceptors (Lipinski definition) is 5. The van der Waals surface area contributed by atoms with Crippen LogP contribution in [0, 0.1) is 13.8 Å². The summed E-state index contributed by atoms with van der Waals surface area (Å²) >= 11 is 1.64. The van der Waals surface area contributed by atoms with Crippen molar-refractivity contribution in [1.29, 1.82) is 0 Å². The lowest BCUT2D eigenvalue weighted by Crippen LogP contribution is -2.43. The summed E-state index contributed by atoms with van der Waals surface area (Å²) in [6.07, 6.45) is 0. The zero-order chi connectivity index (χ0) is 19.4. The number of nitrogens with one attached hydrogen (secondary N) is 2. The highest BCUT2D eigenvalue weighted by Crippen LogP contribution is 2.21. The second-order valence-electron chi connectivity index (χ2n) is 6.18. The van der Waals surface area contributed by atoms with Gasteiger partial charge >= 0.3 is 0 Å². The molecule has 2 heterocycles. The number of carbonyl (C=O) groups excluding carboxylic acids is 2. The molecule has 0 unspecified atom stereocenters. The number of carbonyl (C=O) groups is 2. The molecule has 1 aromatic heterocycles. The number of nitrogens with zero attached hydrogens (tertiary/aromatic N) is 3. The molecule has 0 spiro atoms. The maximum absolute atomic E-state index is 12.4. The molecule has 1 aliphatic heterocycles. The average Bonchev–Trinajstić information content (AvgIpc) is 3.11. The number of benzene rings is 1. The monoisotopic (exact) mass is 513 g/mol. The maximum atomic E-state index is 12.4. The van der Waals surface area contributed by atoms with Gasteiger partial charge in [-0.1, -0.05) is 12.1 Å². The number of imide groups is 1. The number of rotatable bonds is 6. The van der Waals surface area contributed by atoms with Crippen LogP contribution >= 0.6 is 35.3 Å². The number of hydrogen-bond donors (Lipinski definition) is 2. The number of aliphatic imine (C=N–C) groups is 1. The molecule has 1 aliphatic rings. The topological polar surface area (TPSA) is 86.7 Å². The van der Waals surface area contributed by atoms with Crippen molar-refractivity contribution < 1.29 is 9.59 Å². The van der Waals surface area contributed by atoms with Crippen molar-refractivity contribution in [1.82, 2.24) is 20.5 Å². The Hall–Kier alpha value is -2.01. The van der Waals surface area contributed by atoms with E-state index in [-0.39, 0.29) is 42.3 Å². The Morgan fingerprint density at radius 1 is 1.14 bits per heavy atom. The summed E-state index contributed by atoms with van der Waals surface area (Å²) in [6, 6.07) is 6.91. The van der Waals surface area contributed by atoms with Crippen molar-refractivity contribution in [3.63, 3.8) is 0 Å². The first-order valence-electron chi connectivity index (χ1n) is 8.91. The van der Waals surface area contributed by atoms with Crippen LogP contribution in [0.2, 0.25) is 0 Å². The smallest absolute Gasteiger partial charge is 0.261 e. The lowest BCUT2D eigenvalue weighted by atomic mass is 10.1. The zero-order valence-corrected chi connectivity index (χ0v) is 19.3. The van der Waals surface area contributed by atoms with Gasteiger partial charge in [0.25, 0.3) is 11.8 Å². The lowest BCUT2D eigenvalue weighted by Gasteiger charge is -2.16. The van der Waals surface area contributed by atoms with E-state index in [0.717, 1.165) is 17.2 Å². The van der Waals surface area contributed by atoms with Gasteiger partial charge in [0.05, 0.1) is 23.4 Å². The highest BCUT2D eigenvalue weighted by Gasteiger charge is 2.34. The maximum Gasteiger partial charge on any atom is 0.261 e. The molecule has 0 aliphatic carbocycles. The molecule has 0 radical (unpaired) electrons. The van der Waals surface area contributed by atoms with Crippen molar-refractivity contribution in [2.45, 2.75) is 27.3 Å². The molecule has 0 saturated heterocycles. The fraction of sp³-hybridized carbons (Fsp3) is 0.368. The van der Waals surface area contributed by atoms with Crippen molar-refractivity contribution in [2.24, 2.45) is 4.99 Å². The second-order valence-corrected chi connectivity index (χ2v) is 7.47. The fourth-order valence-corrected chi connectivity index (χ4v) is 3.68. The van der Waals surface area contributed by atoms with E-state index in [9.17, 15) is 9.59 Å². The molecule has 2 amide bonds. The van der Waals surface area contributed by atoms with Gasteiger partial charge in [-0.3, -0.25) is 14.5 Å². The SMILES string of the molecule is CCNC(=NCc1nc(C)c(C)s1)NCCN1C(=O)c2ccccc2C1=O.I. The van der Waals surface area contributed by atoms with Gasteiger partial charge in [-0.15, -0.1) is 35.3 Å². The summed E-state index contributed by atoms with van der Waals surface area (Å²) < 4.78 is 0. The van der Waals surface area contributed by atoms with Gasteiger partial charge in [0.2, 0.25) is 0 Å². The van der Waals surface area contributed by atoms with Crippen LogP contribution in [0.4, 0.5) is 0 Å². The van der Waals surface area contributed by atoms with Gasteiger partial charge in [-0.05, 0) is 32.9 Å². The fourth-order valence-electron chi connectivity index (χ4n) is 2.82. The molecule has 2 N–H and O–H groups in total. The Bertz CT molecular complexity index is 842. The van der Waals surface area contributed by atoms with Gasteiger partial charge in [0.15, 0.2) is 5.96 Å². The van der Waals surface area contributed by atoms with E-state index in [1.807, 2.05) is 20.8 Å². The van der Waals surface area contributed by atoms with E-state index >= 15 is 0 Å². The molecule has 3 rings (SSSR count). The number of fused-ring (bicyclic) bond motifs is 1. The number of guanidine groups is 1. The van der Waals surface area contributed by atoms with E-state index in [4.69, 9.17) is 0 Å². The minimum atomic E-state index is -0.243. The molecule has 0 saturated carbocycles. The predicted molar refractivity (Wildman–Crippen MR) is 122 cm³/mol. The molecule has 1 aromatic carbocycles. The quantitative estimate of drug-likeness (QED) is 0.269. The molecule has 0 bridgehead atoms. The molecule has 28 heavy (non-hydrogen) atoms. The van der Waals surface area contributed by atoms with Crippen molar-refractivity contribution >= 4 is 53.1 Å². The summed E-state index contributed by atoms with van der Waals surface area (Å²) in [5.41, 5.74) is 1.98. The first-order valence-corrected chi connectivity index (χ1v) is 9.73. The largest absolute Gasteiger partial charge is 0.357 e. The van der Waals surface area contributed by atoms with Gasteiger partial charge in [0, 0.05) is 24.5 Å². The second kappa shape index (κ2) is 9.97. The van der Waals surface area contributed by atoms with Crippen LogP contribution in [-0.2, 0) is 6.54 Å². The Morgan fingerprint density at radius 3 is 2.32 bits per heavy atom. The zero-order valence-electron chi connectivity index (χ0n) is 16.1. The van der Waals surface area contributed by atoms with Crippen LogP contribution in [0.15, 0.2) is 29.3 Å². The number of aromatic nitrogens is 1. The van der Waals surface area contributed by atoms with Gasteiger partial charge in [-0.25, -0.2) is 9.98 Å². The molecular formula is C19H24IN5O2S. The first-order chi connectivity index (χ1) is 13.0. The molecule has 150 valence electrons. The third-order valence-corrected chi connectivity index (χ3v) is 5.35. The molecule has 0 atom stereocenters. The van der Waals surface area contributed by atoms with E-state index < -0.39 is 0 Å².